The van der Waals surface area contributed by atoms with Gasteiger partial charge in [-0.05, 0) is 77.1 Å². The van der Waals surface area contributed by atoms with Crippen LogP contribution in [0.1, 0.15) is 24.0 Å². The third-order valence-electron chi connectivity index (χ3n) is 8.16. The van der Waals surface area contributed by atoms with Gasteiger partial charge in [0.05, 0.1) is 18.6 Å². The highest BCUT2D eigenvalue weighted by Gasteiger charge is 2.42. The van der Waals surface area contributed by atoms with Gasteiger partial charge in [-0.25, -0.2) is 18.7 Å². The highest BCUT2D eigenvalue weighted by molar-refractivity contribution is 7.89. The Hall–Kier alpha value is -4.52. The summed E-state index contributed by atoms with van der Waals surface area (Å²) < 4.78 is 40.0. The average Bonchev–Trinajstić information content (AvgIpc) is 3.08. The highest BCUT2D eigenvalue weighted by atomic mass is 32.2. The number of rotatable bonds is 11. The maximum Gasteiger partial charge on any atom is 0.409 e. The van der Waals surface area contributed by atoms with Crippen LogP contribution in [0.2, 0.25) is 0 Å². The number of fused-ring (bicyclic) bond motifs is 1. The Kier molecular flexibility index (Phi) is 10.3. The Bertz CT molecular complexity index is 1710. The van der Waals surface area contributed by atoms with Crippen molar-refractivity contribution in [1.29, 1.82) is 0 Å². The van der Waals surface area contributed by atoms with E-state index in [2.05, 4.69) is 4.98 Å². The first-order chi connectivity index (χ1) is 21.8. The molecular formula is C33H36N4O7S. The van der Waals surface area contributed by atoms with Crippen LogP contribution in [0, 0.1) is 5.92 Å². The monoisotopic (exact) mass is 632 g/mol. The van der Waals surface area contributed by atoms with Crippen molar-refractivity contribution < 1.29 is 32.7 Å². The maximum atomic E-state index is 14.1. The summed E-state index contributed by atoms with van der Waals surface area (Å²) in [5.41, 5.74) is 3.38. The fraction of sp³-hybridized carbons (Fsp3) is 0.303. The van der Waals surface area contributed by atoms with Gasteiger partial charge in [0, 0.05) is 38.4 Å². The number of carbonyl (C=O) groups excluding carboxylic acids is 2. The second-order valence-corrected chi connectivity index (χ2v) is 12.7. The lowest BCUT2D eigenvalue weighted by Gasteiger charge is -2.39. The standard InChI is InChI=1S/C33H36N4O7S/c1-43-28-9-11-29(12-10-28)45(41,42)37(23-24-13-18-34-19-14-24)31(32(38)35-40)27-15-20-36(21-16-27)33(39)44-22-17-26-7-4-6-25-5-2-3-8-30(25)26/h2-14,18-19,27,31,40H,15-17,20-23H2,1H3,(H,35,38)/t31-/m1/s1. The molecule has 236 valence electrons. The smallest absolute Gasteiger partial charge is 0.409 e. The van der Waals surface area contributed by atoms with E-state index in [9.17, 15) is 23.2 Å². The molecule has 0 radical (unpaired) electrons. The molecule has 11 nitrogen and oxygen atoms in total. The van der Waals surface area contributed by atoms with Crippen LogP contribution in [0.25, 0.3) is 10.8 Å². The number of ether oxygens (including phenoxy) is 2. The number of pyridine rings is 1. The molecule has 0 bridgehead atoms. The molecule has 12 heteroatoms. The van der Waals surface area contributed by atoms with E-state index in [0.29, 0.717) is 30.6 Å². The number of methoxy groups -OCH3 is 1. The summed E-state index contributed by atoms with van der Waals surface area (Å²) in [4.78, 5) is 31.7. The lowest BCUT2D eigenvalue weighted by atomic mass is 9.88. The number of amides is 2. The van der Waals surface area contributed by atoms with E-state index >= 15 is 0 Å². The molecule has 1 fully saturated rings. The van der Waals surface area contributed by atoms with Gasteiger partial charge in [-0.1, -0.05) is 42.5 Å². The molecule has 1 aromatic heterocycles. The maximum absolute atomic E-state index is 14.1. The summed E-state index contributed by atoms with van der Waals surface area (Å²) in [6, 6.07) is 22.1. The molecule has 1 aliphatic rings. The van der Waals surface area contributed by atoms with Gasteiger partial charge in [-0.3, -0.25) is 15.0 Å². The van der Waals surface area contributed by atoms with Crippen LogP contribution in [-0.2, 0) is 32.5 Å². The van der Waals surface area contributed by atoms with Gasteiger partial charge in [-0.2, -0.15) is 4.31 Å². The van der Waals surface area contributed by atoms with Gasteiger partial charge < -0.3 is 14.4 Å². The number of nitrogens with zero attached hydrogens (tertiary/aromatic N) is 3. The zero-order valence-electron chi connectivity index (χ0n) is 24.9. The third-order valence-corrected chi connectivity index (χ3v) is 10.0. The lowest BCUT2D eigenvalue weighted by molar-refractivity contribution is -0.135. The van der Waals surface area contributed by atoms with Crippen LogP contribution in [-0.4, -0.2) is 72.7 Å². The summed E-state index contributed by atoms with van der Waals surface area (Å²) >= 11 is 0. The third kappa shape index (κ3) is 7.42. The van der Waals surface area contributed by atoms with Gasteiger partial charge in [0.25, 0.3) is 5.91 Å². The second kappa shape index (κ2) is 14.5. The number of nitrogens with one attached hydrogen (secondary N) is 1. The second-order valence-electron chi connectivity index (χ2n) is 10.8. The number of aromatic nitrogens is 1. The Balaban J connectivity index is 1.29. The molecule has 2 N–H and O–H groups in total. The predicted molar refractivity (Wildman–Crippen MR) is 167 cm³/mol. The summed E-state index contributed by atoms with van der Waals surface area (Å²) in [5, 5.41) is 12.0. The Morgan fingerprint density at radius 1 is 1.00 bits per heavy atom. The number of hydrogen-bond acceptors (Lipinski definition) is 8. The van der Waals surface area contributed by atoms with Crippen LogP contribution in [0.15, 0.2) is 96.2 Å². The fourth-order valence-electron chi connectivity index (χ4n) is 5.78. The van der Waals surface area contributed by atoms with E-state index in [1.165, 1.54) is 31.4 Å². The lowest BCUT2D eigenvalue weighted by Crippen LogP contribution is -2.55. The number of hydroxylamine groups is 1. The Labute approximate surface area is 262 Å². The first kappa shape index (κ1) is 31.9. The molecule has 5 rings (SSSR count). The normalized spacial score (nSPS) is 14.7. The van der Waals surface area contributed by atoms with Gasteiger partial charge >= 0.3 is 6.09 Å². The van der Waals surface area contributed by atoms with Gasteiger partial charge in [-0.15, -0.1) is 0 Å². The van der Waals surface area contributed by atoms with Crippen molar-refractivity contribution in [2.45, 2.75) is 36.7 Å². The topological polar surface area (TPSA) is 138 Å². The zero-order valence-corrected chi connectivity index (χ0v) is 25.7. The van der Waals surface area contributed by atoms with Crippen molar-refractivity contribution in [2.24, 2.45) is 5.92 Å². The van der Waals surface area contributed by atoms with Crippen molar-refractivity contribution in [3.63, 3.8) is 0 Å². The number of piperidine rings is 1. The molecule has 0 spiro atoms. The molecule has 0 unspecified atom stereocenters. The zero-order chi connectivity index (χ0) is 31.8. The quantitative estimate of drug-likeness (QED) is 0.183. The molecule has 1 atom stereocenters. The summed E-state index contributed by atoms with van der Waals surface area (Å²) in [7, 11) is -2.75. The largest absolute Gasteiger partial charge is 0.497 e. The van der Waals surface area contributed by atoms with Gasteiger partial charge in [0.15, 0.2) is 0 Å². The Morgan fingerprint density at radius 2 is 1.69 bits per heavy atom. The minimum atomic E-state index is -4.23. The molecule has 2 amide bonds. The molecule has 0 aliphatic carbocycles. The molecule has 45 heavy (non-hydrogen) atoms. The molecule has 4 aromatic rings. The Morgan fingerprint density at radius 3 is 2.38 bits per heavy atom. The molecule has 0 saturated carbocycles. The summed E-state index contributed by atoms with van der Waals surface area (Å²) in [6.07, 6.45) is 3.83. The van der Waals surface area contributed by atoms with Crippen molar-refractivity contribution >= 4 is 32.8 Å². The minimum absolute atomic E-state index is 0.0275. The van der Waals surface area contributed by atoms with E-state index in [0.717, 1.165) is 20.6 Å². The number of likely N-dealkylation sites (tertiary alicyclic amines) is 1. The minimum Gasteiger partial charge on any atom is -0.497 e. The van der Waals surface area contributed by atoms with Crippen molar-refractivity contribution in [2.75, 3.05) is 26.8 Å². The molecule has 1 aliphatic heterocycles. The first-order valence-electron chi connectivity index (χ1n) is 14.7. The number of sulfonamides is 1. The van der Waals surface area contributed by atoms with Crippen LogP contribution in [0.5, 0.6) is 5.75 Å². The molecular weight excluding hydrogens is 596 g/mol. The van der Waals surface area contributed by atoms with Crippen LogP contribution in [0.4, 0.5) is 4.79 Å². The fourth-order valence-corrected chi connectivity index (χ4v) is 7.41. The molecule has 3 aromatic carbocycles. The van der Waals surface area contributed by atoms with Crippen molar-refractivity contribution in [1.82, 2.24) is 19.7 Å². The van der Waals surface area contributed by atoms with Crippen LogP contribution < -0.4 is 10.2 Å². The van der Waals surface area contributed by atoms with Crippen LogP contribution >= 0.6 is 0 Å². The summed E-state index contributed by atoms with van der Waals surface area (Å²) in [6.45, 7) is 0.602. The number of carbonyl (C=O) groups is 2. The van der Waals surface area contributed by atoms with E-state index < -0.39 is 34.0 Å². The SMILES string of the molecule is COc1ccc(S(=O)(=O)N(Cc2ccncc2)[C@@H](C(=O)NO)C2CCN(C(=O)OCCc3cccc4ccccc34)CC2)cc1. The van der Waals surface area contributed by atoms with Crippen molar-refractivity contribution in [3.05, 3.63) is 102 Å². The van der Waals surface area contributed by atoms with Crippen molar-refractivity contribution in [3.8, 4) is 5.75 Å². The highest BCUT2D eigenvalue weighted by Crippen LogP contribution is 2.31. The van der Waals surface area contributed by atoms with E-state index in [-0.39, 0.29) is 31.1 Å². The van der Waals surface area contributed by atoms with Gasteiger partial charge in [0.2, 0.25) is 10.0 Å². The van der Waals surface area contributed by atoms with Gasteiger partial charge in [0.1, 0.15) is 11.8 Å². The van der Waals surface area contributed by atoms with Crippen LogP contribution in [0.3, 0.4) is 0 Å². The molecule has 2 heterocycles. The number of benzene rings is 3. The number of hydrogen-bond donors (Lipinski definition) is 2. The molecule has 1 saturated heterocycles. The first-order valence-corrected chi connectivity index (χ1v) is 16.1. The summed E-state index contributed by atoms with van der Waals surface area (Å²) in [5.74, 6) is -0.861. The average molecular weight is 633 g/mol. The van der Waals surface area contributed by atoms with E-state index in [4.69, 9.17) is 9.47 Å². The van der Waals surface area contributed by atoms with E-state index in [1.807, 2.05) is 42.5 Å². The predicted octanol–water partition coefficient (Wildman–Crippen LogP) is 4.40. The van der Waals surface area contributed by atoms with E-state index in [1.54, 1.807) is 34.9 Å².